The standard InChI is InChI=1S/C16H24ClN3O/c1-20(10-12-5-3-2-4-6-12)11-16(21)19-15-9-13(18)7-8-14(15)17/h7-9,12H,2-6,10-11,18H2,1H3,(H,19,21). The van der Waals surface area contributed by atoms with Crippen molar-refractivity contribution in [3.05, 3.63) is 23.2 Å². The van der Waals surface area contributed by atoms with Gasteiger partial charge in [0, 0.05) is 12.2 Å². The number of nitrogens with one attached hydrogen (secondary N) is 1. The van der Waals surface area contributed by atoms with E-state index in [0.717, 1.165) is 12.5 Å². The molecule has 0 unspecified atom stereocenters. The topological polar surface area (TPSA) is 58.4 Å². The van der Waals surface area contributed by atoms with Gasteiger partial charge in [-0.1, -0.05) is 30.9 Å². The number of nitrogens with zero attached hydrogens (tertiary/aromatic N) is 1. The number of hydrogen-bond donors (Lipinski definition) is 2. The molecular formula is C16H24ClN3O. The number of nitrogens with two attached hydrogens (primary N) is 1. The zero-order valence-electron chi connectivity index (χ0n) is 12.6. The van der Waals surface area contributed by atoms with Gasteiger partial charge in [0.15, 0.2) is 0 Å². The van der Waals surface area contributed by atoms with Gasteiger partial charge in [-0.25, -0.2) is 0 Å². The predicted molar refractivity (Wildman–Crippen MR) is 88.6 cm³/mol. The molecule has 1 saturated carbocycles. The second-order valence-electron chi connectivity index (χ2n) is 5.99. The molecule has 5 heteroatoms. The van der Waals surface area contributed by atoms with Gasteiger partial charge in [0.05, 0.1) is 17.3 Å². The molecule has 4 nitrogen and oxygen atoms in total. The van der Waals surface area contributed by atoms with E-state index in [4.69, 9.17) is 17.3 Å². The van der Waals surface area contributed by atoms with E-state index in [0.29, 0.717) is 22.9 Å². The minimum atomic E-state index is -0.0548. The van der Waals surface area contributed by atoms with E-state index < -0.39 is 0 Å². The summed E-state index contributed by atoms with van der Waals surface area (Å²) in [7, 11) is 2.00. The molecule has 1 aliphatic rings. The Kier molecular flexibility index (Phi) is 5.88. The second-order valence-corrected chi connectivity index (χ2v) is 6.40. The fraction of sp³-hybridized carbons (Fsp3) is 0.562. The minimum absolute atomic E-state index is 0.0548. The molecule has 0 aliphatic heterocycles. The molecule has 0 spiro atoms. The van der Waals surface area contributed by atoms with E-state index in [2.05, 4.69) is 10.2 Å². The monoisotopic (exact) mass is 309 g/mol. The highest BCUT2D eigenvalue weighted by Gasteiger charge is 2.17. The highest BCUT2D eigenvalue weighted by atomic mass is 35.5. The Balaban J connectivity index is 1.81. The number of hydrogen-bond acceptors (Lipinski definition) is 3. The van der Waals surface area contributed by atoms with E-state index >= 15 is 0 Å². The van der Waals surface area contributed by atoms with E-state index in [1.807, 2.05) is 7.05 Å². The van der Waals surface area contributed by atoms with Crippen molar-refractivity contribution in [3.8, 4) is 0 Å². The molecule has 0 heterocycles. The molecule has 0 radical (unpaired) electrons. The van der Waals surface area contributed by atoms with Crippen molar-refractivity contribution in [1.82, 2.24) is 4.90 Å². The van der Waals surface area contributed by atoms with E-state index in [9.17, 15) is 4.79 Å². The quantitative estimate of drug-likeness (QED) is 0.820. The van der Waals surface area contributed by atoms with Gasteiger partial charge in [-0.05, 0) is 44.0 Å². The van der Waals surface area contributed by atoms with Gasteiger partial charge >= 0.3 is 0 Å². The number of rotatable bonds is 5. The van der Waals surface area contributed by atoms with Crippen LogP contribution in [0.15, 0.2) is 18.2 Å². The summed E-state index contributed by atoms with van der Waals surface area (Å²) in [5.74, 6) is 0.674. The summed E-state index contributed by atoms with van der Waals surface area (Å²) in [6.07, 6.45) is 6.57. The molecule has 1 aromatic carbocycles. The van der Waals surface area contributed by atoms with E-state index in [-0.39, 0.29) is 5.91 Å². The number of halogens is 1. The van der Waals surface area contributed by atoms with Crippen LogP contribution < -0.4 is 11.1 Å². The molecule has 2 rings (SSSR count). The van der Waals surface area contributed by atoms with Crippen LogP contribution in [0.3, 0.4) is 0 Å². The predicted octanol–water partition coefficient (Wildman–Crippen LogP) is 3.37. The fourth-order valence-corrected chi connectivity index (χ4v) is 3.11. The first-order valence-electron chi connectivity index (χ1n) is 7.58. The SMILES string of the molecule is CN(CC(=O)Nc1cc(N)ccc1Cl)CC1CCCCC1. The summed E-state index contributed by atoms with van der Waals surface area (Å²) >= 11 is 6.05. The summed E-state index contributed by atoms with van der Waals surface area (Å²) < 4.78 is 0. The van der Waals surface area contributed by atoms with Crippen molar-refractivity contribution in [2.24, 2.45) is 5.92 Å². The lowest BCUT2D eigenvalue weighted by Crippen LogP contribution is -2.34. The van der Waals surface area contributed by atoms with Gasteiger partial charge in [0.25, 0.3) is 0 Å². The van der Waals surface area contributed by atoms with Crippen molar-refractivity contribution < 1.29 is 4.79 Å². The lowest BCUT2D eigenvalue weighted by Gasteiger charge is -2.26. The molecule has 116 valence electrons. The Morgan fingerprint density at radius 2 is 2.10 bits per heavy atom. The van der Waals surface area contributed by atoms with E-state index in [1.54, 1.807) is 18.2 Å². The molecule has 1 aromatic rings. The molecule has 0 saturated heterocycles. The third kappa shape index (κ3) is 5.21. The maximum absolute atomic E-state index is 12.1. The molecule has 0 atom stereocenters. The average molecular weight is 310 g/mol. The lowest BCUT2D eigenvalue weighted by molar-refractivity contribution is -0.117. The molecule has 21 heavy (non-hydrogen) atoms. The normalized spacial score (nSPS) is 16.1. The lowest BCUT2D eigenvalue weighted by atomic mass is 9.89. The Bertz CT molecular complexity index is 486. The smallest absolute Gasteiger partial charge is 0.238 e. The largest absolute Gasteiger partial charge is 0.399 e. The Labute approximate surface area is 131 Å². The van der Waals surface area contributed by atoms with Crippen LogP contribution in [-0.2, 0) is 4.79 Å². The number of anilines is 2. The maximum atomic E-state index is 12.1. The molecule has 3 N–H and O–H groups in total. The molecule has 0 aromatic heterocycles. The van der Waals surface area contributed by atoms with Crippen molar-refractivity contribution in [2.75, 3.05) is 31.2 Å². The number of benzene rings is 1. The van der Waals surface area contributed by atoms with Crippen LogP contribution in [-0.4, -0.2) is 30.9 Å². The highest BCUT2D eigenvalue weighted by molar-refractivity contribution is 6.33. The van der Waals surface area contributed by atoms with Gasteiger partial charge in [0.1, 0.15) is 0 Å². The molecular weight excluding hydrogens is 286 g/mol. The summed E-state index contributed by atoms with van der Waals surface area (Å²) in [5.41, 5.74) is 6.87. The first-order valence-corrected chi connectivity index (χ1v) is 7.96. The van der Waals surface area contributed by atoms with Gasteiger partial charge in [-0.3, -0.25) is 9.69 Å². The average Bonchev–Trinajstić information content (AvgIpc) is 2.43. The summed E-state index contributed by atoms with van der Waals surface area (Å²) in [4.78, 5) is 14.2. The summed E-state index contributed by atoms with van der Waals surface area (Å²) in [5, 5.41) is 3.33. The Morgan fingerprint density at radius 3 is 2.81 bits per heavy atom. The summed E-state index contributed by atoms with van der Waals surface area (Å²) in [6.45, 7) is 1.36. The van der Waals surface area contributed by atoms with E-state index in [1.165, 1.54) is 32.1 Å². The van der Waals surface area contributed by atoms with Gasteiger partial charge < -0.3 is 11.1 Å². The number of amides is 1. The van der Waals surface area contributed by atoms with Crippen LogP contribution in [0.1, 0.15) is 32.1 Å². The first kappa shape index (κ1) is 16.1. The van der Waals surface area contributed by atoms with Crippen LogP contribution in [0, 0.1) is 5.92 Å². The molecule has 1 fully saturated rings. The third-order valence-electron chi connectivity index (χ3n) is 3.97. The maximum Gasteiger partial charge on any atom is 0.238 e. The Hall–Kier alpha value is -1.26. The van der Waals surface area contributed by atoms with Gasteiger partial charge in [-0.15, -0.1) is 0 Å². The van der Waals surface area contributed by atoms with Gasteiger partial charge in [-0.2, -0.15) is 0 Å². The fourth-order valence-electron chi connectivity index (χ4n) is 2.95. The number of carbonyl (C=O) groups excluding carboxylic acids is 1. The van der Waals surface area contributed by atoms with Crippen molar-refractivity contribution >= 4 is 28.9 Å². The number of nitrogen functional groups attached to an aromatic ring is 1. The number of carbonyl (C=O) groups is 1. The third-order valence-corrected chi connectivity index (χ3v) is 4.30. The van der Waals surface area contributed by atoms with Crippen LogP contribution in [0.2, 0.25) is 5.02 Å². The highest BCUT2D eigenvalue weighted by Crippen LogP contribution is 2.25. The molecule has 1 amide bonds. The first-order chi connectivity index (χ1) is 10.0. The van der Waals surface area contributed by atoms with Crippen molar-refractivity contribution in [2.45, 2.75) is 32.1 Å². The number of likely N-dealkylation sites (N-methyl/N-ethyl adjacent to an activating group) is 1. The summed E-state index contributed by atoms with van der Waals surface area (Å²) in [6, 6.07) is 5.09. The molecule has 0 bridgehead atoms. The van der Waals surface area contributed by atoms with Crippen molar-refractivity contribution in [1.29, 1.82) is 0 Å². The molecule has 1 aliphatic carbocycles. The zero-order valence-corrected chi connectivity index (χ0v) is 13.3. The second kappa shape index (κ2) is 7.66. The van der Waals surface area contributed by atoms with Crippen LogP contribution in [0.4, 0.5) is 11.4 Å². The van der Waals surface area contributed by atoms with Crippen molar-refractivity contribution in [3.63, 3.8) is 0 Å². The zero-order chi connectivity index (χ0) is 15.2. The van der Waals surface area contributed by atoms with Crippen LogP contribution in [0.25, 0.3) is 0 Å². The Morgan fingerprint density at radius 1 is 1.38 bits per heavy atom. The van der Waals surface area contributed by atoms with Gasteiger partial charge in [0.2, 0.25) is 5.91 Å². The minimum Gasteiger partial charge on any atom is -0.399 e. The van der Waals surface area contributed by atoms with Crippen LogP contribution in [0.5, 0.6) is 0 Å². The van der Waals surface area contributed by atoms with Crippen LogP contribution >= 0.6 is 11.6 Å².